The molecule has 0 aromatic heterocycles. The quantitative estimate of drug-likeness (QED) is 0.821. The maximum Gasteiger partial charge on any atom is 0.222 e. The van der Waals surface area contributed by atoms with E-state index in [2.05, 4.69) is 0 Å². The predicted molar refractivity (Wildman–Crippen MR) is 70.8 cm³/mol. The van der Waals surface area contributed by atoms with E-state index in [0.29, 0.717) is 0 Å². The first kappa shape index (κ1) is 15.4. The van der Waals surface area contributed by atoms with Crippen LogP contribution >= 0.6 is 0 Å². The Hall–Kier alpha value is -1.63. The fraction of sp³-hybridized carbons (Fsp3) is 0.417. The molecule has 0 aliphatic rings. The summed E-state index contributed by atoms with van der Waals surface area (Å²) >= 11 is 0. The van der Waals surface area contributed by atoms with Crippen LogP contribution in [0.5, 0.6) is 0 Å². The summed E-state index contributed by atoms with van der Waals surface area (Å²) in [5.74, 6) is -1.04. The van der Waals surface area contributed by atoms with Crippen molar-refractivity contribution in [3.05, 3.63) is 24.0 Å². The molecule has 1 aromatic carbocycles. The molecule has 0 aliphatic carbocycles. The van der Waals surface area contributed by atoms with E-state index in [9.17, 15) is 17.6 Å². The van der Waals surface area contributed by atoms with Gasteiger partial charge in [0.15, 0.2) is 9.84 Å². The standard InChI is InChI=1S/C12H17FN2O3S/c1-15(2)12(16)4-3-7-19(17,18)11-8-9(13)5-6-10(11)14/h5-6,8H,3-4,7,14H2,1-2H3. The Balaban J connectivity index is 2.77. The van der Waals surface area contributed by atoms with Gasteiger partial charge in [0.25, 0.3) is 0 Å². The molecule has 1 rings (SSSR count). The van der Waals surface area contributed by atoms with Crippen LogP contribution in [0.1, 0.15) is 12.8 Å². The lowest BCUT2D eigenvalue weighted by Crippen LogP contribution is -2.22. The Morgan fingerprint density at radius 3 is 2.58 bits per heavy atom. The van der Waals surface area contributed by atoms with Crippen molar-refractivity contribution in [3.63, 3.8) is 0 Å². The van der Waals surface area contributed by atoms with Gasteiger partial charge < -0.3 is 10.6 Å². The number of hydrogen-bond donors (Lipinski definition) is 1. The average molecular weight is 288 g/mol. The van der Waals surface area contributed by atoms with Crippen LogP contribution in [0, 0.1) is 5.82 Å². The molecular formula is C12H17FN2O3S. The minimum Gasteiger partial charge on any atom is -0.398 e. The van der Waals surface area contributed by atoms with Crippen LogP contribution in [0.15, 0.2) is 23.1 Å². The highest BCUT2D eigenvalue weighted by Crippen LogP contribution is 2.21. The van der Waals surface area contributed by atoms with E-state index in [4.69, 9.17) is 5.73 Å². The monoisotopic (exact) mass is 288 g/mol. The number of rotatable bonds is 5. The van der Waals surface area contributed by atoms with Crippen LogP contribution in [0.25, 0.3) is 0 Å². The number of benzene rings is 1. The summed E-state index contributed by atoms with van der Waals surface area (Å²) in [6, 6.07) is 3.22. The molecule has 0 spiro atoms. The van der Waals surface area contributed by atoms with Gasteiger partial charge in [-0.2, -0.15) is 0 Å². The van der Waals surface area contributed by atoms with Crippen molar-refractivity contribution in [2.75, 3.05) is 25.6 Å². The van der Waals surface area contributed by atoms with Gasteiger partial charge in [-0.1, -0.05) is 0 Å². The minimum absolute atomic E-state index is 0.0142. The van der Waals surface area contributed by atoms with Gasteiger partial charge in [0.05, 0.1) is 16.3 Å². The largest absolute Gasteiger partial charge is 0.398 e. The third-order valence-corrected chi connectivity index (χ3v) is 4.46. The van der Waals surface area contributed by atoms with Crippen molar-refractivity contribution in [1.29, 1.82) is 0 Å². The number of halogens is 1. The van der Waals surface area contributed by atoms with Gasteiger partial charge in [-0.25, -0.2) is 12.8 Å². The van der Waals surface area contributed by atoms with Gasteiger partial charge in [0.2, 0.25) is 5.91 Å². The molecule has 2 N–H and O–H groups in total. The van der Waals surface area contributed by atoms with Crippen molar-refractivity contribution in [1.82, 2.24) is 4.90 Å². The fourth-order valence-electron chi connectivity index (χ4n) is 1.52. The highest BCUT2D eigenvalue weighted by atomic mass is 32.2. The van der Waals surface area contributed by atoms with Gasteiger partial charge in [0.1, 0.15) is 5.82 Å². The Labute approximate surface area is 112 Å². The molecule has 0 aliphatic heterocycles. The Bertz CT molecular complexity index is 570. The number of anilines is 1. The van der Waals surface area contributed by atoms with Gasteiger partial charge in [-0.05, 0) is 24.6 Å². The molecule has 106 valence electrons. The summed E-state index contributed by atoms with van der Waals surface area (Å²) in [4.78, 5) is 12.5. The van der Waals surface area contributed by atoms with E-state index in [0.717, 1.165) is 12.1 Å². The first-order chi connectivity index (χ1) is 8.74. The summed E-state index contributed by atoms with van der Waals surface area (Å²) in [5, 5.41) is 0. The van der Waals surface area contributed by atoms with E-state index in [-0.39, 0.29) is 35.1 Å². The molecule has 1 amide bonds. The van der Waals surface area contributed by atoms with E-state index in [1.807, 2.05) is 0 Å². The van der Waals surface area contributed by atoms with Gasteiger partial charge >= 0.3 is 0 Å². The third kappa shape index (κ3) is 4.20. The SMILES string of the molecule is CN(C)C(=O)CCCS(=O)(=O)c1cc(F)ccc1N. The number of nitrogens with two attached hydrogens (primary N) is 1. The van der Waals surface area contributed by atoms with Crippen molar-refractivity contribution in [3.8, 4) is 0 Å². The molecule has 0 unspecified atom stereocenters. The second-order valence-corrected chi connectivity index (χ2v) is 6.47. The zero-order valence-corrected chi connectivity index (χ0v) is 11.7. The summed E-state index contributed by atoms with van der Waals surface area (Å²) in [5.41, 5.74) is 5.55. The molecule has 0 saturated carbocycles. The zero-order valence-electron chi connectivity index (χ0n) is 10.9. The number of amides is 1. The second kappa shape index (κ2) is 6.01. The summed E-state index contributed by atoms with van der Waals surface area (Å²) in [7, 11) is -0.473. The topological polar surface area (TPSA) is 80.5 Å². The molecule has 19 heavy (non-hydrogen) atoms. The molecule has 0 atom stereocenters. The number of nitrogens with zero attached hydrogens (tertiary/aromatic N) is 1. The van der Waals surface area contributed by atoms with E-state index in [1.54, 1.807) is 14.1 Å². The number of carbonyl (C=O) groups excluding carboxylic acids is 1. The Morgan fingerprint density at radius 1 is 1.37 bits per heavy atom. The Kier molecular flexibility index (Phi) is 4.88. The van der Waals surface area contributed by atoms with Crippen LogP contribution in [0.2, 0.25) is 0 Å². The highest BCUT2D eigenvalue weighted by molar-refractivity contribution is 7.91. The van der Waals surface area contributed by atoms with Gasteiger partial charge in [-0.15, -0.1) is 0 Å². The zero-order chi connectivity index (χ0) is 14.6. The van der Waals surface area contributed by atoms with Crippen LogP contribution in [-0.4, -0.2) is 39.1 Å². The molecule has 1 aromatic rings. The van der Waals surface area contributed by atoms with Crippen molar-refractivity contribution < 1.29 is 17.6 Å². The summed E-state index contributed by atoms with van der Waals surface area (Å²) < 4.78 is 37.0. The molecule has 0 bridgehead atoms. The number of sulfone groups is 1. The normalized spacial score (nSPS) is 11.3. The lowest BCUT2D eigenvalue weighted by atomic mass is 10.3. The van der Waals surface area contributed by atoms with E-state index < -0.39 is 15.7 Å². The smallest absolute Gasteiger partial charge is 0.222 e. The maximum absolute atomic E-state index is 13.1. The third-order valence-electron chi connectivity index (χ3n) is 2.61. The molecular weight excluding hydrogens is 271 g/mol. The Morgan fingerprint density at radius 2 is 2.00 bits per heavy atom. The average Bonchev–Trinajstić information content (AvgIpc) is 2.31. The molecule has 0 fully saturated rings. The first-order valence-corrected chi connectivity index (χ1v) is 7.37. The lowest BCUT2D eigenvalue weighted by Gasteiger charge is -2.10. The van der Waals surface area contributed by atoms with Gasteiger partial charge in [-0.3, -0.25) is 4.79 Å². The first-order valence-electron chi connectivity index (χ1n) is 5.72. The van der Waals surface area contributed by atoms with Gasteiger partial charge in [0, 0.05) is 20.5 Å². The van der Waals surface area contributed by atoms with E-state index >= 15 is 0 Å². The molecule has 0 saturated heterocycles. The van der Waals surface area contributed by atoms with Crippen LogP contribution in [-0.2, 0) is 14.6 Å². The van der Waals surface area contributed by atoms with E-state index in [1.165, 1.54) is 11.0 Å². The predicted octanol–water partition coefficient (Wildman–Crippen LogP) is 1.05. The van der Waals surface area contributed by atoms with Crippen LogP contribution < -0.4 is 5.73 Å². The molecule has 7 heteroatoms. The van der Waals surface area contributed by atoms with Crippen molar-refractivity contribution in [2.24, 2.45) is 0 Å². The molecule has 0 radical (unpaired) electrons. The minimum atomic E-state index is -3.67. The lowest BCUT2D eigenvalue weighted by molar-refractivity contribution is -0.128. The summed E-state index contributed by atoms with van der Waals surface area (Å²) in [6.07, 6.45) is 0.302. The summed E-state index contributed by atoms with van der Waals surface area (Å²) in [6.45, 7) is 0. The van der Waals surface area contributed by atoms with Crippen LogP contribution in [0.4, 0.5) is 10.1 Å². The number of carbonyl (C=O) groups is 1. The van der Waals surface area contributed by atoms with Crippen molar-refractivity contribution in [2.45, 2.75) is 17.7 Å². The van der Waals surface area contributed by atoms with Crippen molar-refractivity contribution >= 4 is 21.4 Å². The number of nitrogen functional groups attached to an aromatic ring is 1. The highest BCUT2D eigenvalue weighted by Gasteiger charge is 2.19. The molecule has 5 nitrogen and oxygen atoms in total. The van der Waals surface area contributed by atoms with Crippen LogP contribution in [0.3, 0.4) is 0 Å². The second-order valence-electron chi connectivity index (χ2n) is 4.39. The maximum atomic E-state index is 13.1. The molecule has 0 heterocycles. The fourth-order valence-corrected chi connectivity index (χ4v) is 2.99. The number of hydrogen-bond acceptors (Lipinski definition) is 4.